The van der Waals surface area contributed by atoms with Crippen molar-refractivity contribution < 1.29 is 9.53 Å². The summed E-state index contributed by atoms with van der Waals surface area (Å²) in [5.41, 5.74) is 0.987. The van der Waals surface area contributed by atoms with Crippen LogP contribution >= 0.6 is 22.9 Å². The van der Waals surface area contributed by atoms with Gasteiger partial charge in [-0.1, -0.05) is 6.92 Å². The Labute approximate surface area is 80.1 Å². The van der Waals surface area contributed by atoms with Gasteiger partial charge in [-0.05, 0) is 17.0 Å². The van der Waals surface area contributed by atoms with Crippen molar-refractivity contribution in [3.63, 3.8) is 0 Å². The molecule has 1 aromatic heterocycles. The SMILES string of the molecule is CCC(=O)Oc1cc(CCl)cs1. The van der Waals surface area contributed by atoms with Crippen LogP contribution in [-0.4, -0.2) is 5.97 Å². The number of ether oxygens (including phenoxy) is 1. The molecule has 1 rings (SSSR count). The zero-order chi connectivity index (χ0) is 8.97. The first-order valence-corrected chi connectivity index (χ1v) is 5.01. The summed E-state index contributed by atoms with van der Waals surface area (Å²) in [5.74, 6) is 0.248. The van der Waals surface area contributed by atoms with E-state index in [0.717, 1.165) is 5.56 Å². The summed E-state index contributed by atoms with van der Waals surface area (Å²) in [6.07, 6.45) is 0.397. The summed E-state index contributed by atoms with van der Waals surface area (Å²) < 4.78 is 4.97. The molecule has 1 aromatic rings. The monoisotopic (exact) mass is 204 g/mol. The summed E-state index contributed by atoms with van der Waals surface area (Å²) in [6.45, 7) is 1.76. The fourth-order valence-electron chi connectivity index (χ4n) is 0.661. The normalized spacial score (nSPS) is 9.83. The molecular formula is C8H9ClO2S. The van der Waals surface area contributed by atoms with E-state index in [1.54, 1.807) is 13.0 Å². The fourth-order valence-corrected chi connectivity index (χ4v) is 1.69. The number of hydrogen-bond donors (Lipinski definition) is 0. The molecule has 0 saturated heterocycles. The standard InChI is InChI=1S/C8H9ClO2S/c1-2-7(10)11-8-3-6(4-9)5-12-8/h3,5H,2,4H2,1H3. The average molecular weight is 205 g/mol. The van der Waals surface area contributed by atoms with Crippen molar-refractivity contribution in [1.29, 1.82) is 0 Å². The van der Waals surface area contributed by atoms with E-state index in [2.05, 4.69) is 0 Å². The predicted octanol–water partition coefficient (Wildman–Crippen LogP) is 2.80. The van der Waals surface area contributed by atoms with Crippen molar-refractivity contribution in [3.05, 3.63) is 17.0 Å². The first-order valence-electron chi connectivity index (χ1n) is 3.60. The maximum Gasteiger partial charge on any atom is 0.311 e. The zero-order valence-electron chi connectivity index (χ0n) is 6.67. The van der Waals surface area contributed by atoms with Crippen molar-refractivity contribution in [2.24, 2.45) is 0 Å². The summed E-state index contributed by atoms with van der Waals surface area (Å²) in [4.78, 5) is 10.8. The zero-order valence-corrected chi connectivity index (χ0v) is 8.24. The van der Waals surface area contributed by atoms with Gasteiger partial charge in [0.05, 0.1) is 0 Å². The maximum absolute atomic E-state index is 10.8. The second kappa shape index (κ2) is 4.48. The molecule has 0 radical (unpaired) electrons. The Balaban J connectivity index is 2.58. The van der Waals surface area contributed by atoms with E-state index in [0.29, 0.717) is 17.4 Å². The summed E-state index contributed by atoms with van der Waals surface area (Å²) in [7, 11) is 0. The molecule has 0 aromatic carbocycles. The summed E-state index contributed by atoms with van der Waals surface area (Å²) in [5, 5.41) is 2.50. The van der Waals surface area contributed by atoms with Crippen LogP contribution < -0.4 is 4.74 Å². The van der Waals surface area contributed by atoms with E-state index in [-0.39, 0.29) is 5.97 Å². The molecule has 66 valence electrons. The van der Waals surface area contributed by atoms with Crippen LogP contribution in [0, 0.1) is 0 Å². The van der Waals surface area contributed by atoms with E-state index >= 15 is 0 Å². The lowest BCUT2D eigenvalue weighted by Crippen LogP contribution is -2.03. The summed E-state index contributed by atoms with van der Waals surface area (Å²) >= 11 is 6.97. The number of rotatable bonds is 3. The van der Waals surface area contributed by atoms with Gasteiger partial charge < -0.3 is 4.74 Å². The second-order valence-corrected chi connectivity index (χ2v) is 3.38. The number of carbonyl (C=O) groups excluding carboxylic acids is 1. The van der Waals surface area contributed by atoms with Crippen LogP contribution in [0.2, 0.25) is 0 Å². The number of halogens is 1. The molecule has 0 atom stereocenters. The highest BCUT2D eigenvalue weighted by molar-refractivity contribution is 7.12. The van der Waals surface area contributed by atoms with Crippen molar-refractivity contribution in [1.82, 2.24) is 0 Å². The Bertz CT molecular complexity index is 270. The highest BCUT2D eigenvalue weighted by Crippen LogP contribution is 2.24. The molecule has 2 nitrogen and oxygen atoms in total. The smallest absolute Gasteiger partial charge is 0.311 e. The second-order valence-electron chi connectivity index (χ2n) is 2.24. The third-order valence-corrected chi connectivity index (χ3v) is 2.45. The van der Waals surface area contributed by atoms with E-state index in [1.807, 2.05) is 5.38 Å². The maximum atomic E-state index is 10.8. The topological polar surface area (TPSA) is 26.3 Å². The van der Waals surface area contributed by atoms with Crippen molar-refractivity contribution in [3.8, 4) is 5.06 Å². The largest absolute Gasteiger partial charge is 0.415 e. The molecule has 4 heteroatoms. The van der Waals surface area contributed by atoms with E-state index in [4.69, 9.17) is 16.3 Å². The molecular weight excluding hydrogens is 196 g/mol. The molecule has 0 N–H and O–H groups in total. The Morgan fingerprint density at radius 2 is 2.50 bits per heavy atom. The van der Waals surface area contributed by atoms with E-state index < -0.39 is 0 Å². The summed E-state index contributed by atoms with van der Waals surface area (Å²) in [6, 6.07) is 1.78. The molecule has 0 saturated carbocycles. The molecule has 0 unspecified atom stereocenters. The lowest BCUT2D eigenvalue weighted by molar-refractivity contribution is -0.133. The first kappa shape index (κ1) is 9.55. The molecule has 0 fully saturated rings. The highest BCUT2D eigenvalue weighted by Gasteiger charge is 2.03. The average Bonchev–Trinajstić information content (AvgIpc) is 2.52. The van der Waals surface area contributed by atoms with Crippen LogP contribution in [0.5, 0.6) is 5.06 Å². The van der Waals surface area contributed by atoms with Crippen LogP contribution in [0.25, 0.3) is 0 Å². The van der Waals surface area contributed by atoms with E-state index in [9.17, 15) is 4.79 Å². The van der Waals surface area contributed by atoms with Crippen molar-refractivity contribution >= 4 is 28.9 Å². The number of esters is 1. The molecule has 0 amide bonds. The molecule has 0 aliphatic carbocycles. The van der Waals surface area contributed by atoms with Crippen LogP contribution in [0.15, 0.2) is 11.4 Å². The van der Waals surface area contributed by atoms with E-state index in [1.165, 1.54) is 11.3 Å². The predicted molar refractivity (Wildman–Crippen MR) is 49.8 cm³/mol. The number of hydrogen-bond acceptors (Lipinski definition) is 3. The van der Waals surface area contributed by atoms with Gasteiger partial charge in [0.1, 0.15) is 0 Å². The van der Waals surface area contributed by atoms with Crippen LogP contribution in [0.1, 0.15) is 18.9 Å². The minimum atomic E-state index is -0.210. The van der Waals surface area contributed by atoms with Crippen LogP contribution in [0.3, 0.4) is 0 Å². The van der Waals surface area contributed by atoms with Crippen molar-refractivity contribution in [2.75, 3.05) is 0 Å². The lowest BCUT2D eigenvalue weighted by atomic mass is 10.4. The quantitative estimate of drug-likeness (QED) is 0.559. The van der Waals surface area contributed by atoms with Gasteiger partial charge in [0.2, 0.25) is 0 Å². The van der Waals surface area contributed by atoms with Gasteiger partial charge >= 0.3 is 5.97 Å². The van der Waals surface area contributed by atoms with Gasteiger partial charge in [0, 0.05) is 12.3 Å². The molecule has 0 spiro atoms. The minimum absolute atomic E-state index is 0.210. The third kappa shape index (κ3) is 2.50. The van der Waals surface area contributed by atoms with Crippen LogP contribution in [0.4, 0.5) is 0 Å². The van der Waals surface area contributed by atoms with Gasteiger partial charge in [0.15, 0.2) is 5.06 Å². The molecule has 0 bridgehead atoms. The molecule has 0 aliphatic heterocycles. The highest BCUT2D eigenvalue weighted by atomic mass is 35.5. The van der Waals surface area contributed by atoms with Gasteiger partial charge in [-0.25, -0.2) is 0 Å². The molecule has 0 aliphatic rings. The minimum Gasteiger partial charge on any atom is -0.415 e. The fraction of sp³-hybridized carbons (Fsp3) is 0.375. The Kier molecular flexibility index (Phi) is 3.56. The molecule has 12 heavy (non-hydrogen) atoms. The van der Waals surface area contributed by atoms with Gasteiger partial charge in [-0.2, -0.15) is 0 Å². The van der Waals surface area contributed by atoms with Gasteiger partial charge in [-0.3, -0.25) is 4.79 Å². The van der Waals surface area contributed by atoms with Gasteiger partial charge in [0.25, 0.3) is 0 Å². The van der Waals surface area contributed by atoms with Gasteiger partial charge in [-0.15, -0.1) is 22.9 Å². The first-order chi connectivity index (χ1) is 5.76. The lowest BCUT2D eigenvalue weighted by Gasteiger charge is -1.95. The van der Waals surface area contributed by atoms with Crippen LogP contribution in [-0.2, 0) is 10.7 Å². The number of thiophene rings is 1. The number of carbonyl (C=O) groups is 1. The third-order valence-electron chi connectivity index (χ3n) is 1.29. The Morgan fingerprint density at radius 1 is 1.75 bits per heavy atom. The number of alkyl halides is 1. The Morgan fingerprint density at radius 3 is 3.00 bits per heavy atom. The van der Waals surface area contributed by atoms with Crippen molar-refractivity contribution in [2.45, 2.75) is 19.2 Å². The Hall–Kier alpha value is -0.540. The molecule has 1 heterocycles.